The van der Waals surface area contributed by atoms with Gasteiger partial charge in [0.15, 0.2) is 0 Å². The number of aromatic amines is 1. The van der Waals surface area contributed by atoms with Crippen molar-refractivity contribution in [2.24, 2.45) is 0 Å². The van der Waals surface area contributed by atoms with Crippen LogP contribution in [0.15, 0.2) is 42.6 Å². The quantitative estimate of drug-likeness (QED) is 0.450. The molecule has 8 heteroatoms. The lowest BCUT2D eigenvalue weighted by molar-refractivity contribution is 0.267. The molecule has 2 aromatic carbocycles. The summed E-state index contributed by atoms with van der Waals surface area (Å²) in [6, 6.07) is 12.5. The summed E-state index contributed by atoms with van der Waals surface area (Å²) in [5.41, 5.74) is 6.98. The number of benzene rings is 2. The number of aromatic nitrogens is 4. The van der Waals surface area contributed by atoms with Crippen molar-refractivity contribution in [2.45, 2.75) is 32.6 Å². The zero-order chi connectivity index (χ0) is 21.5. The van der Waals surface area contributed by atoms with Crippen LogP contribution in [0, 0.1) is 0 Å². The van der Waals surface area contributed by atoms with Gasteiger partial charge in [-0.3, -0.25) is 10.00 Å². The molecule has 6 rings (SSSR count). The van der Waals surface area contributed by atoms with Gasteiger partial charge in [0, 0.05) is 36.3 Å². The van der Waals surface area contributed by atoms with Crippen LogP contribution in [0.2, 0.25) is 0 Å². The van der Waals surface area contributed by atoms with Gasteiger partial charge in [-0.25, -0.2) is 9.97 Å². The maximum absolute atomic E-state index is 5.38. The van der Waals surface area contributed by atoms with Crippen LogP contribution in [0.1, 0.15) is 28.2 Å². The highest BCUT2D eigenvalue weighted by atomic mass is 16.5. The minimum atomic E-state index is 0.708. The van der Waals surface area contributed by atoms with Crippen molar-refractivity contribution >= 4 is 22.4 Å². The first kappa shape index (κ1) is 19.2. The van der Waals surface area contributed by atoms with Gasteiger partial charge in [0.25, 0.3) is 0 Å². The summed E-state index contributed by atoms with van der Waals surface area (Å²) in [6.45, 7) is 4.20. The molecule has 0 unspecified atom stereocenters. The molecule has 0 atom stereocenters. The van der Waals surface area contributed by atoms with Gasteiger partial charge in [-0.2, -0.15) is 5.10 Å². The molecule has 0 spiro atoms. The molecule has 0 saturated heterocycles. The van der Waals surface area contributed by atoms with E-state index in [0.717, 1.165) is 72.3 Å². The maximum Gasteiger partial charge on any atom is 0.145 e. The average Bonchev–Trinajstić information content (AvgIpc) is 3.44. The number of anilines is 2. The monoisotopic (exact) mass is 427 g/mol. The maximum atomic E-state index is 5.38. The molecular formula is C24H25N7O. The summed E-state index contributed by atoms with van der Waals surface area (Å²) < 4.78 is 5.38. The highest BCUT2D eigenvalue weighted by molar-refractivity contribution is 5.82. The fraction of sp³-hybridized carbons (Fsp3) is 0.292. The number of H-pyrrole nitrogens is 1. The largest absolute Gasteiger partial charge is 0.497 e. The summed E-state index contributed by atoms with van der Waals surface area (Å²) in [6.07, 6.45) is 2.76. The molecule has 3 N–H and O–H groups in total. The lowest BCUT2D eigenvalue weighted by atomic mass is 10.1. The van der Waals surface area contributed by atoms with E-state index in [9.17, 15) is 0 Å². The first-order valence-electron chi connectivity index (χ1n) is 10.9. The van der Waals surface area contributed by atoms with E-state index in [2.05, 4.69) is 50.0 Å². The van der Waals surface area contributed by atoms with Crippen LogP contribution in [-0.4, -0.2) is 38.7 Å². The van der Waals surface area contributed by atoms with Crippen molar-refractivity contribution in [3.63, 3.8) is 0 Å². The van der Waals surface area contributed by atoms with E-state index in [1.54, 1.807) is 7.11 Å². The third-order valence-corrected chi connectivity index (χ3v) is 6.25. The van der Waals surface area contributed by atoms with E-state index in [1.807, 2.05) is 18.3 Å². The van der Waals surface area contributed by atoms with Gasteiger partial charge in [-0.05, 0) is 54.4 Å². The fourth-order valence-electron chi connectivity index (χ4n) is 4.62. The van der Waals surface area contributed by atoms with Gasteiger partial charge in [0.1, 0.15) is 17.4 Å². The van der Waals surface area contributed by atoms with E-state index in [1.165, 1.54) is 16.7 Å². The smallest absolute Gasteiger partial charge is 0.145 e. The van der Waals surface area contributed by atoms with Crippen molar-refractivity contribution in [3.05, 3.63) is 70.8 Å². The number of hydrogen-bond acceptors (Lipinski definition) is 7. The molecule has 2 aliphatic rings. The van der Waals surface area contributed by atoms with Crippen molar-refractivity contribution in [1.82, 2.24) is 30.4 Å². The molecule has 2 aliphatic heterocycles. The number of nitrogens with zero attached hydrogens (tertiary/aromatic N) is 4. The Balaban J connectivity index is 1.28. The first-order valence-corrected chi connectivity index (χ1v) is 10.9. The molecule has 0 saturated carbocycles. The van der Waals surface area contributed by atoms with Gasteiger partial charge < -0.3 is 15.4 Å². The van der Waals surface area contributed by atoms with Crippen LogP contribution in [0.3, 0.4) is 0 Å². The van der Waals surface area contributed by atoms with E-state index in [4.69, 9.17) is 14.7 Å². The Morgan fingerprint density at radius 2 is 2.03 bits per heavy atom. The summed E-state index contributed by atoms with van der Waals surface area (Å²) >= 11 is 0. The molecule has 0 radical (unpaired) electrons. The van der Waals surface area contributed by atoms with E-state index in [-0.39, 0.29) is 0 Å². The Morgan fingerprint density at radius 1 is 1.09 bits per heavy atom. The molecule has 32 heavy (non-hydrogen) atoms. The van der Waals surface area contributed by atoms with Crippen LogP contribution < -0.4 is 15.4 Å². The summed E-state index contributed by atoms with van der Waals surface area (Å²) in [7, 11) is 1.71. The predicted molar refractivity (Wildman–Crippen MR) is 123 cm³/mol. The number of hydrogen-bond donors (Lipinski definition) is 3. The Labute approximate surface area is 186 Å². The molecule has 2 aromatic heterocycles. The van der Waals surface area contributed by atoms with Gasteiger partial charge in [0.2, 0.25) is 0 Å². The first-order chi connectivity index (χ1) is 15.7. The van der Waals surface area contributed by atoms with Crippen LogP contribution in [0.5, 0.6) is 5.75 Å². The number of fused-ring (bicyclic) bond motifs is 3. The van der Waals surface area contributed by atoms with Crippen LogP contribution in [0.4, 0.5) is 11.5 Å². The summed E-state index contributed by atoms with van der Waals surface area (Å²) in [5, 5.41) is 15.2. The van der Waals surface area contributed by atoms with Crippen LogP contribution >= 0.6 is 0 Å². The minimum absolute atomic E-state index is 0.708. The minimum Gasteiger partial charge on any atom is -0.497 e. The number of ether oxygens (including phenoxy) is 1. The zero-order valence-corrected chi connectivity index (χ0v) is 18.0. The van der Waals surface area contributed by atoms with Gasteiger partial charge >= 0.3 is 0 Å². The van der Waals surface area contributed by atoms with E-state index >= 15 is 0 Å². The Morgan fingerprint density at radius 3 is 2.97 bits per heavy atom. The normalized spacial score (nSPS) is 15.5. The SMILES string of the molecule is COc1ccc2c(c1)CN(Cc1nc3c(c(Nc4ccc5[nH]ncc5c4)n1)CCNC3)C2. The zero-order valence-electron chi connectivity index (χ0n) is 18.0. The second-order valence-corrected chi connectivity index (χ2v) is 8.42. The van der Waals surface area contributed by atoms with Gasteiger partial charge in [-0.1, -0.05) is 6.07 Å². The standard InChI is InChI=1S/C24H25N7O/c1-32-19-4-2-15-12-31(13-17(15)9-19)14-23-28-22-11-25-7-6-20(22)24(29-23)27-18-3-5-21-16(8-18)10-26-30-21/h2-5,8-10,25H,6-7,11-14H2,1H3,(H,26,30)(H,27,28,29). The summed E-state index contributed by atoms with van der Waals surface area (Å²) in [5.74, 6) is 2.66. The van der Waals surface area contributed by atoms with Crippen LogP contribution in [-0.2, 0) is 32.6 Å². The Hall–Kier alpha value is -3.49. The Kier molecular flexibility index (Phi) is 4.74. The fourth-order valence-corrected chi connectivity index (χ4v) is 4.62. The van der Waals surface area contributed by atoms with Crippen molar-refractivity contribution in [2.75, 3.05) is 19.0 Å². The second kappa shape index (κ2) is 7.89. The molecule has 162 valence electrons. The predicted octanol–water partition coefficient (Wildman–Crippen LogP) is 3.27. The highest BCUT2D eigenvalue weighted by Crippen LogP contribution is 2.29. The number of methoxy groups -OCH3 is 1. The number of rotatable bonds is 5. The number of nitrogens with one attached hydrogen (secondary N) is 3. The molecular weight excluding hydrogens is 402 g/mol. The van der Waals surface area contributed by atoms with Crippen LogP contribution in [0.25, 0.3) is 10.9 Å². The molecule has 0 fully saturated rings. The molecule has 8 nitrogen and oxygen atoms in total. The average molecular weight is 428 g/mol. The Bertz CT molecular complexity index is 1300. The molecule has 4 heterocycles. The van der Waals surface area contributed by atoms with Crippen molar-refractivity contribution in [1.29, 1.82) is 0 Å². The van der Waals surface area contributed by atoms with E-state index in [0.29, 0.717) is 6.54 Å². The van der Waals surface area contributed by atoms with Gasteiger partial charge in [-0.15, -0.1) is 0 Å². The topological polar surface area (TPSA) is 91.0 Å². The summed E-state index contributed by atoms with van der Waals surface area (Å²) in [4.78, 5) is 12.3. The molecule has 0 amide bonds. The molecule has 0 bridgehead atoms. The van der Waals surface area contributed by atoms with Crippen molar-refractivity contribution in [3.8, 4) is 5.75 Å². The highest BCUT2D eigenvalue weighted by Gasteiger charge is 2.23. The van der Waals surface area contributed by atoms with Crippen molar-refractivity contribution < 1.29 is 4.74 Å². The molecule has 4 aromatic rings. The van der Waals surface area contributed by atoms with E-state index < -0.39 is 0 Å². The third-order valence-electron chi connectivity index (χ3n) is 6.25. The van der Waals surface area contributed by atoms with Gasteiger partial charge in [0.05, 0.1) is 31.1 Å². The molecule has 0 aliphatic carbocycles. The second-order valence-electron chi connectivity index (χ2n) is 8.42. The third kappa shape index (κ3) is 3.57. The lowest BCUT2D eigenvalue weighted by Gasteiger charge is -2.22. The lowest BCUT2D eigenvalue weighted by Crippen LogP contribution is -2.27.